The Labute approximate surface area is 649 Å². The Hall–Kier alpha value is 0.581. The fourth-order valence-corrected chi connectivity index (χ4v) is 25.6. The quantitative estimate of drug-likeness (QED) is 0.0416. The SMILES string of the molecule is CCCCCCCCCCCC[Si](OC)(OC)OC.CCCCCCCCCCCC[Si](OCC)(OCC)OCC.CCCCCCCC[Si](OC)(OC)OC.CCCCCCCC[Si](OCC)(OCC)OCC.CCCCCC[Si](OC)(OC)OC.CCCCCC[Si](OCC)(OCC)OCC. The number of hydrogen-bond acceptors (Lipinski definition) is 18. The molecule has 0 aliphatic heterocycles. The van der Waals surface area contributed by atoms with E-state index in [1.807, 2.05) is 62.3 Å². The summed E-state index contributed by atoms with van der Waals surface area (Å²) in [6.07, 6.45) is 52.3. The highest BCUT2D eigenvalue weighted by Crippen LogP contribution is 2.26. The molecular weight excluding hydrogens is 1410 g/mol. The minimum Gasteiger partial charge on any atom is -0.377 e. The van der Waals surface area contributed by atoms with Crippen LogP contribution in [0.4, 0.5) is 0 Å². The molecule has 0 aromatic rings. The van der Waals surface area contributed by atoms with Crippen LogP contribution >= 0.6 is 0 Å². The zero-order valence-corrected chi connectivity index (χ0v) is 79.2. The molecule has 0 amide bonds. The molecule has 0 aromatic heterocycles. The molecule has 0 aliphatic rings. The molecule has 630 valence electrons. The van der Waals surface area contributed by atoms with Gasteiger partial charge in [0, 0.05) is 160 Å². The Bertz CT molecular complexity index is 1480. The van der Waals surface area contributed by atoms with Gasteiger partial charge in [-0.2, -0.15) is 0 Å². The summed E-state index contributed by atoms with van der Waals surface area (Å²) in [4.78, 5) is 0. The molecule has 0 bridgehead atoms. The third-order valence-corrected chi connectivity index (χ3v) is 36.0. The van der Waals surface area contributed by atoms with Gasteiger partial charge in [0.2, 0.25) is 0 Å². The Kier molecular flexibility index (Phi) is 98.0. The Morgan fingerprint density at radius 3 is 0.330 bits per heavy atom. The first-order valence-electron chi connectivity index (χ1n) is 42.7. The van der Waals surface area contributed by atoms with E-state index in [2.05, 4.69) is 41.5 Å². The van der Waals surface area contributed by atoms with Crippen molar-refractivity contribution < 1.29 is 79.7 Å². The molecule has 0 N–H and O–H groups in total. The number of unbranched alkanes of at least 4 members (excludes halogenated alkanes) is 34. The van der Waals surface area contributed by atoms with Crippen LogP contribution in [0.1, 0.15) is 361 Å². The lowest BCUT2D eigenvalue weighted by molar-refractivity contribution is 0.0698. The normalized spacial score (nSPS) is 12.0. The van der Waals surface area contributed by atoms with Crippen LogP contribution in [0.2, 0.25) is 36.3 Å². The summed E-state index contributed by atoms with van der Waals surface area (Å²) < 4.78 is 101. The maximum Gasteiger partial charge on any atom is 0.500 e. The van der Waals surface area contributed by atoms with E-state index in [-0.39, 0.29) is 0 Å². The second kappa shape index (κ2) is 88.2. The van der Waals surface area contributed by atoms with Crippen molar-refractivity contribution in [1.29, 1.82) is 0 Å². The topological polar surface area (TPSA) is 166 Å². The fraction of sp³-hybridized carbons (Fsp3) is 1.00. The second-order valence-corrected chi connectivity index (χ2v) is 43.8. The molecule has 0 rings (SSSR count). The van der Waals surface area contributed by atoms with Gasteiger partial charge in [-0.1, -0.05) is 260 Å². The van der Waals surface area contributed by atoms with Gasteiger partial charge in [-0.05, 0) is 101 Å². The molecular formula is C79H182O18Si6. The van der Waals surface area contributed by atoms with E-state index in [4.69, 9.17) is 79.7 Å². The summed E-state index contributed by atoms with van der Waals surface area (Å²) >= 11 is 0. The molecule has 0 saturated carbocycles. The van der Waals surface area contributed by atoms with Crippen LogP contribution in [0, 0.1) is 0 Å². The number of rotatable bonds is 73. The molecule has 24 heteroatoms. The zero-order chi connectivity index (χ0) is 78.6. The third kappa shape index (κ3) is 70.2. The molecule has 0 spiro atoms. The van der Waals surface area contributed by atoms with Crippen LogP contribution in [-0.4, -0.2) is 176 Å². The van der Waals surface area contributed by atoms with Gasteiger partial charge in [0.25, 0.3) is 0 Å². The molecule has 18 nitrogen and oxygen atoms in total. The van der Waals surface area contributed by atoms with Crippen molar-refractivity contribution in [2.24, 2.45) is 0 Å². The van der Waals surface area contributed by atoms with Crippen molar-refractivity contribution in [2.45, 2.75) is 397 Å². The predicted octanol–water partition coefficient (Wildman–Crippen LogP) is 24.4. The van der Waals surface area contributed by atoms with Gasteiger partial charge in [-0.15, -0.1) is 0 Å². The van der Waals surface area contributed by atoms with E-state index in [9.17, 15) is 0 Å². The lowest BCUT2D eigenvalue weighted by Crippen LogP contribution is -2.45. The molecule has 103 heavy (non-hydrogen) atoms. The van der Waals surface area contributed by atoms with Gasteiger partial charge in [0.05, 0.1) is 0 Å². The first-order chi connectivity index (χ1) is 50.0. The summed E-state index contributed by atoms with van der Waals surface area (Å²) in [5, 5.41) is 0. The fourth-order valence-electron chi connectivity index (χ4n) is 12.1. The van der Waals surface area contributed by atoms with Crippen molar-refractivity contribution in [1.82, 2.24) is 0 Å². The van der Waals surface area contributed by atoms with Gasteiger partial charge in [0.1, 0.15) is 0 Å². The zero-order valence-electron chi connectivity index (χ0n) is 73.2. The molecule has 0 fully saturated rings. The molecule has 0 unspecified atom stereocenters. The van der Waals surface area contributed by atoms with E-state index in [0.29, 0.717) is 59.5 Å². The first-order valence-corrected chi connectivity index (χ1v) is 54.3. The standard InChI is InChI=1S/C18H40O3Si.C15H34O3Si.C14H32O3Si.C12H28O3Si.C11H26O3Si.C9H22O3Si/c1-5-9-10-11-12-13-14-15-16-17-18-22(19-6-2,20-7-3)21-8-4;1-5-6-7-8-9-10-11-12-13-14-15-19(16-2,17-3)18-4;1-5-9-10-11-12-13-14-18(15-6-2,16-7-3)17-8-4;1-5-9-10-11-12-16(13-6-2,14-7-3)15-8-4;1-5-6-7-8-9-10-11-15(12-2,13-3)14-4;1-5-6-7-8-9-13(10-2,11-3)12-4/h5-18H2,1-4H3;5-15H2,1-4H3;5-14H2,1-4H3;5-12H2,1-4H3;5-11H2,1-4H3;5-9H2,1-4H3. The minimum absolute atomic E-state index is 0.681. The molecule has 0 radical (unpaired) electrons. The average Bonchev–Trinajstić information content (AvgIpc) is 0.903. The van der Waals surface area contributed by atoms with Gasteiger partial charge < -0.3 is 79.7 Å². The summed E-state index contributed by atoms with van der Waals surface area (Å²) in [5.74, 6) is 0. The summed E-state index contributed by atoms with van der Waals surface area (Å²) in [5.41, 5.74) is 0. The van der Waals surface area contributed by atoms with Gasteiger partial charge in [0.15, 0.2) is 0 Å². The van der Waals surface area contributed by atoms with Crippen LogP contribution in [0.3, 0.4) is 0 Å². The van der Waals surface area contributed by atoms with Crippen LogP contribution in [0.15, 0.2) is 0 Å². The minimum atomic E-state index is -2.39. The monoisotopic (exact) mass is 1590 g/mol. The predicted molar refractivity (Wildman–Crippen MR) is 450 cm³/mol. The first kappa shape index (κ1) is 114. The Morgan fingerprint density at radius 2 is 0.223 bits per heavy atom. The smallest absolute Gasteiger partial charge is 0.377 e. The number of hydrogen-bond donors (Lipinski definition) is 0. The summed E-state index contributed by atoms with van der Waals surface area (Å²) in [6.45, 7) is 37.7. The third-order valence-electron chi connectivity index (χ3n) is 18.1. The van der Waals surface area contributed by atoms with E-state index < -0.39 is 52.8 Å². The van der Waals surface area contributed by atoms with Crippen molar-refractivity contribution in [3.8, 4) is 0 Å². The lowest BCUT2D eigenvalue weighted by Gasteiger charge is -2.28. The van der Waals surface area contributed by atoms with Crippen LogP contribution in [0.5, 0.6) is 0 Å². The highest BCUT2D eigenvalue weighted by atomic mass is 28.4. The van der Waals surface area contributed by atoms with E-state index in [1.54, 1.807) is 64.0 Å². The summed E-state index contributed by atoms with van der Waals surface area (Å²) in [6, 6.07) is 5.70. The van der Waals surface area contributed by atoms with Crippen molar-refractivity contribution in [3.05, 3.63) is 0 Å². The molecule has 0 saturated heterocycles. The van der Waals surface area contributed by atoms with Crippen LogP contribution < -0.4 is 0 Å². The van der Waals surface area contributed by atoms with Gasteiger partial charge in [-0.25, -0.2) is 0 Å². The molecule has 0 heterocycles. The van der Waals surface area contributed by atoms with Crippen LogP contribution in [-0.2, 0) is 79.7 Å². The van der Waals surface area contributed by atoms with Gasteiger partial charge >= 0.3 is 52.8 Å². The highest BCUT2D eigenvalue weighted by molar-refractivity contribution is 6.62. The van der Waals surface area contributed by atoms with E-state index >= 15 is 0 Å². The molecule has 0 atom stereocenters. The summed E-state index contributed by atoms with van der Waals surface area (Å²) in [7, 11) is 1.14. The van der Waals surface area contributed by atoms with E-state index in [1.165, 1.54) is 225 Å². The lowest BCUT2D eigenvalue weighted by atomic mass is 10.1. The van der Waals surface area contributed by atoms with Crippen molar-refractivity contribution >= 4 is 52.8 Å². The molecule has 0 aromatic carbocycles. The van der Waals surface area contributed by atoms with Gasteiger partial charge in [-0.3, -0.25) is 0 Å². The van der Waals surface area contributed by atoms with E-state index in [0.717, 1.165) is 68.4 Å². The second-order valence-electron chi connectivity index (χ2n) is 26.4. The molecule has 0 aliphatic carbocycles. The van der Waals surface area contributed by atoms with Crippen molar-refractivity contribution in [2.75, 3.05) is 123 Å². The maximum absolute atomic E-state index is 5.89. The Morgan fingerprint density at radius 1 is 0.126 bits per heavy atom. The largest absolute Gasteiger partial charge is 0.500 e. The van der Waals surface area contributed by atoms with Crippen molar-refractivity contribution in [3.63, 3.8) is 0 Å². The Balaban J connectivity index is -0.000000276. The highest BCUT2D eigenvalue weighted by Gasteiger charge is 2.42. The average molecular weight is 1590 g/mol. The van der Waals surface area contributed by atoms with Crippen LogP contribution in [0.25, 0.3) is 0 Å². The maximum atomic E-state index is 5.89.